The first-order chi connectivity index (χ1) is 14.1. The molecule has 1 amide bonds. The van der Waals surface area contributed by atoms with E-state index in [2.05, 4.69) is 33.3 Å². The van der Waals surface area contributed by atoms with Crippen LogP contribution >= 0.6 is 0 Å². The van der Waals surface area contributed by atoms with Gasteiger partial charge >= 0.3 is 0 Å². The van der Waals surface area contributed by atoms with Crippen LogP contribution in [0, 0.1) is 6.92 Å². The van der Waals surface area contributed by atoms with Gasteiger partial charge in [-0.2, -0.15) is 9.90 Å². The molecule has 6 heteroatoms. The highest BCUT2D eigenvalue weighted by molar-refractivity contribution is 5.93. The number of aryl methyl sites for hydroxylation is 1. The molecule has 1 aliphatic heterocycles. The molecule has 0 N–H and O–H groups in total. The Balaban J connectivity index is 1.53. The van der Waals surface area contributed by atoms with Crippen molar-refractivity contribution in [3.05, 3.63) is 71.5 Å². The Morgan fingerprint density at radius 1 is 0.966 bits per heavy atom. The largest absolute Gasteiger partial charge is 0.371 e. The quantitative estimate of drug-likeness (QED) is 0.665. The van der Waals surface area contributed by atoms with Gasteiger partial charge in [0.25, 0.3) is 5.91 Å². The number of hydrogen-bond acceptors (Lipinski definition) is 4. The fourth-order valence-corrected chi connectivity index (χ4v) is 3.85. The topological polar surface area (TPSA) is 54.3 Å². The maximum atomic E-state index is 13.1. The minimum atomic E-state index is -0.113. The summed E-state index contributed by atoms with van der Waals surface area (Å²) in [5.41, 5.74) is 4.27. The molecule has 1 fully saturated rings. The SMILES string of the molecule is Cc1nn(-c2ccccc2)nc1C(=O)N(C)Cc1ccccc1N1CCCCC1. The van der Waals surface area contributed by atoms with Gasteiger partial charge in [0.05, 0.1) is 11.4 Å². The lowest BCUT2D eigenvalue weighted by Crippen LogP contribution is -2.32. The summed E-state index contributed by atoms with van der Waals surface area (Å²) in [7, 11) is 1.83. The van der Waals surface area contributed by atoms with E-state index in [1.54, 1.807) is 4.90 Å². The third kappa shape index (κ3) is 4.16. The van der Waals surface area contributed by atoms with Crippen molar-refractivity contribution < 1.29 is 4.79 Å². The molecular formula is C23H27N5O. The van der Waals surface area contributed by atoms with Gasteiger partial charge in [-0.25, -0.2) is 0 Å². The number of hydrogen-bond donors (Lipinski definition) is 0. The van der Waals surface area contributed by atoms with Crippen molar-refractivity contribution in [1.82, 2.24) is 19.9 Å². The summed E-state index contributed by atoms with van der Waals surface area (Å²) in [5.74, 6) is -0.113. The maximum Gasteiger partial charge on any atom is 0.276 e. The second-order valence-corrected chi connectivity index (χ2v) is 7.60. The van der Waals surface area contributed by atoms with Crippen molar-refractivity contribution in [1.29, 1.82) is 0 Å². The van der Waals surface area contributed by atoms with Gasteiger partial charge < -0.3 is 9.80 Å². The second-order valence-electron chi connectivity index (χ2n) is 7.60. The molecule has 0 saturated carbocycles. The smallest absolute Gasteiger partial charge is 0.276 e. The Kier molecular flexibility index (Phi) is 5.60. The maximum absolute atomic E-state index is 13.1. The first kappa shape index (κ1) is 19.2. The predicted octanol–water partition coefficient (Wildman–Crippen LogP) is 3.84. The molecule has 0 radical (unpaired) electrons. The van der Waals surface area contributed by atoms with Crippen LogP contribution in [0.25, 0.3) is 5.69 Å². The summed E-state index contributed by atoms with van der Waals surface area (Å²) < 4.78 is 0. The van der Waals surface area contributed by atoms with E-state index < -0.39 is 0 Å². The number of anilines is 1. The molecular weight excluding hydrogens is 362 g/mol. The molecule has 4 rings (SSSR count). The first-order valence-electron chi connectivity index (χ1n) is 10.2. The lowest BCUT2D eigenvalue weighted by atomic mass is 10.1. The molecule has 3 aromatic rings. The Labute approximate surface area is 171 Å². The Morgan fingerprint density at radius 2 is 1.66 bits per heavy atom. The minimum absolute atomic E-state index is 0.113. The van der Waals surface area contributed by atoms with Crippen molar-refractivity contribution in [2.45, 2.75) is 32.7 Å². The molecule has 6 nitrogen and oxygen atoms in total. The van der Waals surface area contributed by atoms with Crippen molar-refractivity contribution in [3.63, 3.8) is 0 Å². The van der Waals surface area contributed by atoms with Crippen LogP contribution in [-0.2, 0) is 6.54 Å². The summed E-state index contributed by atoms with van der Waals surface area (Å²) in [4.78, 5) is 18.8. The molecule has 2 heterocycles. The number of nitrogens with zero attached hydrogens (tertiary/aromatic N) is 5. The first-order valence-corrected chi connectivity index (χ1v) is 10.2. The van der Waals surface area contributed by atoms with Crippen LogP contribution in [0.3, 0.4) is 0 Å². The van der Waals surface area contributed by atoms with Crippen LogP contribution in [0.2, 0.25) is 0 Å². The number of amides is 1. The van der Waals surface area contributed by atoms with Crippen LogP contribution in [0.15, 0.2) is 54.6 Å². The van der Waals surface area contributed by atoms with Crippen molar-refractivity contribution in [3.8, 4) is 5.69 Å². The van der Waals surface area contributed by atoms with Crippen LogP contribution in [0.5, 0.6) is 0 Å². The number of para-hydroxylation sites is 2. The second kappa shape index (κ2) is 8.47. The number of carbonyl (C=O) groups excluding carboxylic acids is 1. The lowest BCUT2D eigenvalue weighted by Gasteiger charge is -2.31. The van der Waals surface area contributed by atoms with Crippen LogP contribution in [0.4, 0.5) is 5.69 Å². The Bertz CT molecular complexity index is 976. The van der Waals surface area contributed by atoms with Crippen molar-refractivity contribution in [2.24, 2.45) is 0 Å². The Hall–Kier alpha value is -3.15. The van der Waals surface area contributed by atoms with Gasteiger partial charge in [-0.15, -0.1) is 5.10 Å². The summed E-state index contributed by atoms with van der Waals surface area (Å²) in [6.07, 6.45) is 3.75. The summed E-state index contributed by atoms with van der Waals surface area (Å²) >= 11 is 0. The molecule has 0 spiro atoms. The Morgan fingerprint density at radius 3 is 2.41 bits per heavy atom. The average Bonchev–Trinajstić information content (AvgIpc) is 3.16. The monoisotopic (exact) mass is 389 g/mol. The third-order valence-electron chi connectivity index (χ3n) is 5.41. The van der Waals surface area contributed by atoms with E-state index in [1.165, 1.54) is 35.3 Å². The summed E-state index contributed by atoms with van der Waals surface area (Å²) in [5, 5.41) is 8.89. The van der Waals surface area contributed by atoms with Crippen molar-refractivity contribution >= 4 is 11.6 Å². The van der Waals surface area contributed by atoms with E-state index in [4.69, 9.17) is 0 Å². The highest BCUT2D eigenvalue weighted by atomic mass is 16.2. The highest BCUT2D eigenvalue weighted by Gasteiger charge is 2.22. The van der Waals surface area contributed by atoms with Gasteiger partial charge in [-0.05, 0) is 49.9 Å². The predicted molar refractivity (Wildman–Crippen MR) is 114 cm³/mol. The van der Waals surface area contributed by atoms with Crippen LogP contribution in [0.1, 0.15) is 41.0 Å². The molecule has 1 saturated heterocycles. The molecule has 1 aromatic heterocycles. The van der Waals surface area contributed by atoms with Crippen LogP contribution < -0.4 is 4.90 Å². The molecule has 0 unspecified atom stereocenters. The lowest BCUT2D eigenvalue weighted by molar-refractivity contribution is 0.0778. The van der Waals surface area contributed by atoms with Crippen LogP contribution in [-0.4, -0.2) is 45.9 Å². The van der Waals surface area contributed by atoms with Gasteiger partial charge in [-0.1, -0.05) is 36.4 Å². The van der Waals surface area contributed by atoms with Gasteiger partial charge in [-0.3, -0.25) is 4.79 Å². The molecule has 2 aromatic carbocycles. The van der Waals surface area contributed by atoms with E-state index in [9.17, 15) is 4.79 Å². The zero-order valence-electron chi connectivity index (χ0n) is 17.1. The minimum Gasteiger partial charge on any atom is -0.371 e. The molecule has 0 bridgehead atoms. The number of aromatic nitrogens is 3. The molecule has 1 aliphatic rings. The van der Waals surface area contributed by atoms with E-state index in [-0.39, 0.29) is 5.91 Å². The fraction of sp³-hybridized carbons (Fsp3) is 0.348. The van der Waals surface area contributed by atoms with Gasteiger partial charge in [0.15, 0.2) is 5.69 Å². The molecule has 29 heavy (non-hydrogen) atoms. The van der Waals surface area contributed by atoms with Gasteiger partial charge in [0, 0.05) is 32.4 Å². The normalized spacial score (nSPS) is 14.1. The third-order valence-corrected chi connectivity index (χ3v) is 5.41. The zero-order chi connectivity index (χ0) is 20.2. The molecule has 0 atom stereocenters. The van der Waals surface area contributed by atoms with Gasteiger partial charge in [0.1, 0.15) is 0 Å². The standard InChI is InChI=1S/C23H27N5O/c1-18-22(25-28(24-18)20-12-5-3-6-13-20)23(29)26(2)17-19-11-7-8-14-21(19)27-15-9-4-10-16-27/h3,5-8,11-14H,4,9-10,15-17H2,1-2H3. The van der Waals surface area contributed by atoms with E-state index in [1.807, 2.05) is 50.4 Å². The fourth-order valence-electron chi connectivity index (χ4n) is 3.85. The van der Waals surface area contributed by atoms with Gasteiger partial charge in [0.2, 0.25) is 0 Å². The number of rotatable bonds is 5. The number of carbonyl (C=O) groups is 1. The zero-order valence-corrected chi connectivity index (χ0v) is 17.1. The summed E-state index contributed by atoms with van der Waals surface area (Å²) in [6, 6.07) is 18.0. The highest BCUT2D eigenvalue weighted by Crippen LogP contribution is 2.25. The summed E-state index contributed by atoms with van der Waals surface area (Å²) in [6.45, 7) is 4.54. The molecule has 150 valence electrons. The molecule has 0 aliphatic carbocycles. The number of piperidine rings is 1. The number of benzene rings is 2. The average molecular weight is 390 g/mol. The van der Waals surface area contributed by atoms with E-state index in [0.29, 0.717) is 17.9 Å². The van der Waals surface area contributed by atoms with E-state index >= 15 is 0 Å². The van der Waals surface area contributed by atoms with E-state index in [0.717, 1.165) is 18.8 Å². The van der Waals surface area contributed by atoms with Crippen molar-refractivity contribution in [2.75, 3.05) is 25.0 Å².